The van der Waals surface area contributed by atoms with Crippen LogP contribution in [0.25, 0.3) is 0 Å². The van der Waals surface area contributed by atoms with E-state index in [0.717, 1.165) is 48.3 Å². The molecule has 0 aliphatic rings. The number of amides is 1. The number of aryl methyl sites for hydroxylation is 3. The Hall–Kier alpha value is -2.17. The van der Waals surface area contributed by atoms with Crippen molar-refractivity contribution in [3.05, 3.63) is 41.0 Å². The molecule has 0 radical (unpaired) electrons. The average molecular weight is 286 g/mol. The molecule has 1 heterocycles. The fourth-order valence-electron chi connectivity index (χ4n) is 2.32. The lowest BCUT2D eigenvalue weighted by molar-refractivity contribution is 0.101. The summed E-state index contributed by atoms with van der Waals surface area (Å²) in [6.07, 6.45) is 3.51. The van der Waals surface area contributed by atoms with Crippen molar-refractivity contribution in [2.75, 3.05) is 5.32 Å². The molecular formula is C16H22N4O. The first-order chi connectivity index (χ1) is 10.2. The quantitative estimate of drug-likeness (QED) is 0.857. The fraction of sp³-hybridized carbons (Fsp3) is 0.438. The van der Waals surface area contributed by atoms with Crippen LogP contribution in [0.5, 0.6) is 0 Å². The van der Waals surface area contributed by atoms with Gasteiger partial charge in [-0.1, -0.05) is 39.0 Å². The van der Waals surface area contributed by atoms with Crippen LogP contribution in [0, 0.1) is 0 Å². The highest BCUT2D eigenvalue weighted by Gasteiger charge is 2.15. The van der Waals surface area contributed by atoms with Gasteiger partial charge >= 0.3 is 0 Å². The van der Waals surface area contributed by atoms with E-state index in [1.165, 1.54) is 0 Å². The molecule has 1 amide bonds. The molecule has 0 saturated carbocycles. The third kappa shape index (κ3) is 3.48. The van der Waals surface area contributed by atoms with Crippen LogP contribution in [0.15, 0.2) is 18.2 Å². The molecule has 2 aromatic rings. The molecule has 0 aliphatic carbocycles. The lowest BCUT2D eigenvalue weighted by atomic mass is 10.0. The van der Waals surface area contributed by atoms with E-state index in [-0.39, 0.29) is 11.7 Å². The third-order valence-electron chi connectivity index (χ3n) is 3.46. The second-order valence-electron chi connectivity index (χ2n) is 4.97. The van der Waals surface area contributed by atoms with Crippen LogP contribution in [0.1, 0.15) is 54.8 Å². The molecule has 5 nitrogen and oxygen atoms in total. The zero-order chi connectivity index (χ0) is 15.2. The minimum absolute atomic E-state index is 0.200. The highest BCUT2D eigenvalue weighted by Crippen LogP contribution is 2.23. The molecular weight excluding hydrogens is 264 g/mol. The van der Waals surface area contributed by atoms with Crippen LogP contribution in [0.3, 0.4) is 0 Å². The van der Waals surface area contributed by atoms with Gasteiger partial charge < -0.3 is 5.32 Å². The molecule has 0 unspecified atom stereocenters. The maximum Gasteiger partial charge on any atom is 0.295 e. The predicted molar refractivity (Wildman–Crippen MR) is 83.5 cm³/mol. The standard InChI is InChI=1S/C16H22N4O/c1-4-8-13-17-15(20-19-13)16(21)18-14-11(5-2)9-7-10-12(14)6-3/h7,9-10H,4-6,8H2,1-3H3,(H,18,21)(H,17,19,20). The van der Waals surface area contributed by atoms with Gasteiger partial charge in [0, 0.05) is 12.1 Å². The van der Waals surface area contributed by atoms with Gasteiger partial charge in [0.25, 0.3) is 5.91 Å². The van der Waals surface area contributed by atoms with E-state index in [1.807, 2.05) is 18.2 Å². The summed E-state index contributed by atoms with van der Waals surface area (Å²) in [5.74, 6) is 0.692. The number of aromatic nitrogens is 3. The number of hydrogen-bond acceptors (Lipinski definition) is 3. The molecule has 1 aromatic heterocycles. The topological polar surface area (TPSA) is 70.7 Å². The maximum atomic E-state index is 12.3. The van der Waals surface area contributed by atoms with Crippen LogP contribution in [0.4, 0.5) is 5.69 Å². The number of hydrogen-bond donors (Lipinski definition) is 2. The van der Waals surface area contributed by atoms with Crippen molar-refractivity contribution in [3.63, 3.8) is 0 Å². The zero-order valence-electron chi connectivity index (χ0n) is 12.9. The molecule has 0 atom stereocenters. The second-order valence-corrected chi connectivity index (χ2v) is 4.97. The van der Waals surface area contributed by atoms with Crippen molar-refractivity contribution in [3.8, 4) is 0 Å². The Morgan fingerprint density at radius 2 is 1.86 bits per heavy atom. The minimum atomic E-state index is -0.260. The highest BCUT2D eigenvalue weighted by atomic mass is 16.2. The molecule has 2 rings (SSSR count). The predicted octanol–water partition coefficient (Wildman–Crippen LogP) is 3.13. The summed E-state index contributed by atoms with van der Waals surface area (Å²) < 4.78 is 0. The van der Waals surface area contributed by atoms with Gasteiger partial charge in [-0.25, -0.2) is 4.98 Å². The Labute approximate surface area is 125 Å². The number of H-pyrrole nitrogens is 1. The lowest BCUT2D eigenvalue weighted by Crippen LogP contribution is -2.16. The number of carbonyl (C=O) groups is 1. The molecule has 0 saturated heterocycles. The Kier molecular flexibility index (Phi) is 5.09. The van der Waals surface area contributed by atoms with Crippen molar-refractivity contribution in [2.45, 2.75) is 46.5 Å². The molecule has 2 N–H and O–H groups in total. The summed E-state index contributed by atoms with van der Waals surface area (Å²) in [5, 5.41) is 9.77. The van der Waals surface area contributed by atoms with E-state index in [4.69, 9.17) is 0 Å². The van der Waals surface area contributed by atoms with Gasteiger partial charge in [-0.3, -0.25) is 9.89 Å². The first-order valence-corrected chi connectivity index (χ1v) is 7.52. The average Bonchev–Trinajstić information content (AvgIpc) is 2.96. The maximum absolute atomic E-state index is 12.3. The molecule has 0 aliphatic heterocycles. The van der Waals surface area contributed by atoms with Gasteiger partial charge in [0.05, 0.1) is 0 Å². The van der Waals surface area contributed by atoms with Crippen LogP contribution >= 0.6 is 0 Å². The van der Waals surface area contributed by atoms with Crippen molar-refractivity contribution >= 4 is 11.6 Å². The number of aromatic amines is 1. The molecule has 21 heavy (non-hydrogen) atoms. The van der Waals surface area contributed by atoms with E-state index in [9.17, 15) is 4.79 Å². The van der Waals surface area contributed by atoms with Crippen molar-refractivity contribution in [1.82, 2.24) is 15.2 Å². The van der Waals surface area contributed by atoms with E-state index in [1.54, 1.807) is 0 Å². The largest absolute Gasteiger partial charge is 0.319 e. The number of rotatable bonds is 6. The number of carbonyl (C=O) groups excluding carboxylic acids is 1. The van der Waals surface area contributed by atoms with Crippen molar-refractivity contribution in [1.29, 1.82) is 0 Å². The molecule has 0 bridgehead atoms. The van der Waals surface area contributed by atoms with Gasteiger partial charge in [0.2, 0.25) is 5.82 Å². The Morgan fingerprint density at radius 1 is 1.19 bits per heavy atom. The van der Waals surface area contributed by atoms with E-state index >= 15 is 0 Å². The van der Waals surface area contributed by atoms with Gasteiger partial charge in [-0.15, -0.1) is 5.10 Å². The Bertz CT molecular complexity index is 596. The molecule has 112 valence electrons. The molecule has 5 heteroatoms. The summed E-state index contributed by atoms with van der Waals surface area (Å²) in [7, 11) is 0. The summed E-state index contributed by atoms with van der Waals surface area (Å²) in [5.41, 5.74) is 3.16. The summed E-state index contributed by atoms with van der Waals surface area (Å²) in [6.45, 7) is 6.22. The molecule has 0 fully saturated rings. The minimum Gasteiger partial charge on any atom is -0.319 e. The highest BCUT2D eigenvalue weighted by molar-refractivity contribution is 6.02. The number of para-hydroxylation sites is 1. The van der Waals surface area contributed by atoms with Crippen LogP contribution < -0.4 is 5.32 Å². The zero-order valence-corrected chi connectivity index (χ0v) is 12.9. The number of anilines is 1. The number of benzene rings is 1. The van der Waals surface area contributed by atoms with Crippen LogP contribution in [-0.2, 0) is 19.3 Å². The number of nitrogens with zero attached hydrogens (tertiary/aromatic N) is 2. The van der Waals surface area contributed by atoms with Crippen LogP contribution in [0.2, 0.25) is 0 Å². The third-order valence-corrected chi connectivity index (χ3v) is 3.46. The van der Waals surface area contributed by atoms with Crippen molar-refractivity contribution in [2.24, 2.45) is 0 Å². The lowest BCUT2D eigenvalue weighted by Gasteiger charge is -2.13. The monoisotopic (exact) mass is 286 g/mol. The summed E-state index contributed by atoms with van der Waals surface area (Å²) >= 11 is 0. The smallest absolute Gasteiger partial charge is 0.295 e. The van der Waals surface area contributed by atoms with Gasteiger partial charge in [-0.05, 0) is 30.4 Å². The van der Waals surface area contributed by atoms with E-state index in [2.05, 4.69) is 41.3 Å². The van der Waals surface area contributed by atoms with Gasteiger partial charge in [0.15, 0.2) is 0 Å². The first kappa shape index (κ1) is 15.2. The van der Waals surface area contributed by atoms with E-state index in [0.29, 0.717) is 0 Å². The molecule has 0 spiro atoms. The van der Waals surface area contributed by atoms with Gasteiger partial charge in [0.1, 0.15) is 5.82 Å². The Balaban J connectivity index is 2.22. The van der Waals surface area contributed by atoms with Crippen LogP contribution in [-0.4, -0.2) is 21.1 Å². The fourth-order valence-corrected chi connectivity index (χ4v) is 2.32. The second kappa shape index (κ2) is 7.02. The van der Waals surface area contributed by atoms with Gasteiger partial charge in [-0.2, -0.15) is 0 Å². The SMILES string of the molecule is CCCc1nc(C(=O)Nc2c(CC)cccc2CC)n[nH]1. The van der Waals surface area contributed by atoms with E-state index < -0.39 is 0 Å². The number of nitrogens with one attached hydrogen (secondary N) is 2. The Morgan fingerprint density at radius 3 is 2.43 bits per heavy atom. The van der Waals surface area contributed by atoms with Crippen molar-refractivity contribution < 1.29 is 4.79 Å². The normalized spacial score (nSPS) is 10.6. The summed E-state index contributed by atoms with van der Waals surface area (Å²) in [6, 6.07) is 6.10. The molecule has 1 aromatic carbocycles. The summed E-state index contributed by atoms with van der Waals surface area (Å²) in [4.78, 5) is 16.5. The first-order valence-electron chi connectivity index (χ1n) is 7.52.